The van der Waals surface area contributed by atoms with Gasteiger partial charge in [0, 0.05) is 36.3 Å². The number of rotatable bonds is 7. The van der Waals surface area contributed by atoms with Crippen LogP contribution in [-0.2, 0) is 19.5 Å². The van der Waals surface area contributed by atoms with Crippen LogP contribution in [0.5, 0.6) is 0 Å². The first-order chi connectivity index (χ1) is 19.3. The molecular weight excluding hydrogens is 547 g/mol. The van der Waals surface area contributed by atoms with E-state index >= 15 is 0 Å². The number of urea groups is 1. The van der Waals surface area contributed by atoms with Gasteiger partial charge in [-0.05, 0) is 61.9 Å². The van der Waals surface area contributed by atoms with Gasteiger partial charge in [-0.2, -0.15) is 0 Å². The SMILES string of the molecule is CC(C)Nc1cccc(CNc2nc3c(c(=O)n2-c2ccccc2)CN(C(=O)Nc2ccc(Cl)cc2Cl)CC3)c1. The van der Waals surface area contributed by atoms with Gasteiger partial charge in [0.1, 0.15) is 0 Å². The van der Waals surface area contributed by atoms with Gasteiger partial charge in [-0.15, -0.1) is 0 Å². The molecule has 2 heterocycles. The Morgan fingerprint density at radius 1 is 1.02 bits per heavy atom. The van der Waals surface area contributed by atoms with E-state index in [4.69, 9.17) is 28.2 Å². The Balaban J connectivity index is 1.42. The van der Waals surface area contributed by atoms with Crippen molar-refractivity contribution < 1.29 is 4.79 Å². The number of hydrogen-bond acceptors (Lipinski definition) is 5. The maximum absolute atomic E-state index is 13.9. The third kappa shape index (κ3) is 6.24. The summed E-state index contributed by atoms with van der Waals surface area (Å²) in [6.45, 7) is 5.22. The topological polar surface area (TPSA) is 91.3 Å². The predicted molar refractivity (Wildman–Crippen MR) is 162 cm³/mol. The summed E-state index contributed by atoms with van der Waals surface area (Å²) in [5.41, 5.74) is 4.19. The Hall–Kier alpha value is -4.01. The number of fused-ring (bicyclic) bond motifs is 1. The van der Waals surface area contributed by atoms with Crippen molar-refractivity contribution in [1.29, 1.82) is 0 Å². The molecule has 3 aromatic carbocycles. The molecule has 206 valence electrons. The number of carbonyl (C=O) groups excluding carboxylic acids is 1. The summed E-state index contributed by atoms with van der Waals surface area (Å²) in [4.78, 5) is 33.5. The highest BCUT2D eigenvalue weighted by Crippen LogP contribution is 2.27. The molecule has 8 nitrogen and oxygen atoms in total. The fourth-order valence-corrected chi connectivity index (χ4v) is 5.11. The highest BCUT2D eigenvalue weighted by atomic mass is 35.5. The third-order valence-corrected chi connectivity index (χ3v) is 7.08. The largest absolute Gasteiger partial charge is 0.383 e. The molecule has 0 aliphatic carbocycles. The van der Waals surface area contributed by atoms with E-state index < -0.39 is 0 Å². The van der Waals surface area contributed by atoms with E-state index in [0.29, 0.717) is 64.2 Å². The summed E-state index contributed by atoms with van der Waals surface area (Å²) in [6, 6.07) is 22.4. The first kappa shape index (κ1) is 27.6. The molecule has 0 fully saturated rings. The van der Waals surface area contributed by atoms with Gasteiger partial charge in [-0.3, -0.25) is 4.79 Å². The second-order valence-electron chi connectivity index (χ2n) is 9.92. The number of benzene rings is 3. The number of anilines is 3. The molecule has 40 heavy (non-hydrogen) atoms. The summed E-state index contributed by atoms with van der Waals surface area (Å²) in [5.74, 6) is 0.461. The molecule has 0 spiro atoms. The molecule has 3 N–H and O–H groups in total. The van der Waals surface area contributed by atoms with E-state index in [-0.39, 0.29) is 18.1 Å². The van der Waals surface area contributed by atoms with E-state index in [1.807, 2.05) is 48.5 Å². The molecular formula is C30H30Cl2N6O2. The summed E-state index contributed by atoms with van der Waals surface area (Å²) in [7, 11) is 0. The molecule has 0 bridgehead atoms. The quantitative estimate of drug-likeness (QED) is 0.231. The minimum atomic E-state index is -0.349. The molecule has 2 amide bonds. The maximum atomic E-state index is 13.9. The number of amides is 2. The molecule has 0 saturated heterocycles. The van der Waals surface area contributed by atoms with E-state index in [0.717, 1.165) is 11.3 Å². The maximum Gasteiger partial charge on any atom is 0.322 e. The van der Waals surface area contributed by atoms with Gasteiger partial charge in [0.15, 0.2) is 0 Å². The van der Waals surface area contributed by atoms with Crippen LogP contribution < -0.4 is 21.5 Å². The van der Waals surface area contributed by atoms with Crippen LogP contribution >= 0.6 is 23.2 Å². The fourth-order valence-electron chi connectivity index (χ4n) is 4.66. The highest BCUT2D eigenvalue weighted by molar-refractivity contribution is 6.36. The average Bonchev–Trinajstić information content (AvgIpc) is 2.93. The van der Waals surface area contributed by atoms with Gasteiger partial charge in [0.05, 0.1) is 34.2 Å². The minimum absolute atomic E-state index is 0.133. The van der Waals surface area contributed by atoms with Crippen molar-refractivity contribution >= 4 is 46.6 Å². The molecule has 0 radical (unpaired) electrons. The van der Waals surface area contributed by atoms with Crippen LogP contribution in [0.2, 0.25) is 10.0 Å². The Labute approximate surface area is 243 Å². The Morgan fingerprint density at radius 3 is 2.58 bits per heavy atom. The summed E-state index contributed by atoms with van der Waals surface area (Å²) in [6.07, 6.45) is 0.449. The minimum Gasteiger partial charge on any atom is -0.383 e. The fraction of sp³-hybridized carbons (Fsp3) is 0.233. The Bertz CT molecular complexity index is 1590. The van der Waals surface area contributed by atoms with Gasteiger partial charge >= 0.3 is 6.03 Å². The van der Waals surface area contributed by atoms with Crippen molar-refractivity contribution in [1.82, 2.24) is 14.5 Å². The predicted octanol–water partition coefficient (Wildman–Crippen LogP) is 6.56. The van der Waals surface area contributed by atoms with Crippen LogP contribution in [0.15, 0.2) is 77.6 Å². The normalized spacial score (nSPS) is 12.7. The number of nitrogens with one attached hydrogen (secondary N) is 3. The third-order valence-electron chi connectivity index (χ3n) is 6.54. The first-order valence-corrected chi connectivity index (χ1v) is 13.8. The van der Waals surface area contributed by atoms with Crippen molar-refractivity contribution in [3.8, 4) is 5.69 Å². The Kier molecular flexibility index (Phi) is 8.28. The molecule has 4 aromatic rings. The summed E-state index contributed by atoms with van der Waals surface area (Å²) in [5, 5.41) is 10.4. The Morgan fingerprint density at radius 2 is 1.82 bits per heavy atom. The van der Waals surface area contributed by atoms with Crippen molar-refractivity contribution in [3.05, 3.63) is 110 Å². The lowest BCUT2D eigenvalue weighted by molar-refractivity contribution is 0.205. The van der Waals surface area contributed by atoms with Crippen LogP contribution in [0.25, 0.3) is 5.69 Å². The van der Waals surface area contributed by atoms with Crippen molar-refractivity contribution in [2.24, 2.45) is 0 Å². The van der Waals surface area contributed by atoms with Crippen LogP contribution in [0.4, 0.5) is 22.1 Å². The lowest BCUT2D eigenvalue weighted by Gasteiger charge is -2.29. The lowest BCUT2D eigenvalue weighted by atomic mass is 10.1. The van der Waals surface area contributed by atoms with E-state index in [2.05, 4.69) is 35.9 Å². The van der Waals surface area contributed by atoms with Gasteiger partial charge in [0.2, 0.25) is 5.95 Å². The van der Waals surface area contributed by atoms with Crippen molar-refractivity contribution in [2.45, 2.75) is 39.4 Å². The average molecular weight is 578 g/mol. The van der Waals surface area contributed by atoms with Crippen LogP contribution in [0.3, 0.4) is 0 Å². The smallest absolute Gasteiger partial charge is 0.322 e. The molecule has 1 aliphatic rings. The van der Waals surface area contributed by atoms with Crippen LogP contribution in [0, 0.1) is 0 Å². The number of hydrogen-bond donors (Lipinski definition) is 3. The number of nitrogens with zero attached hydrogens (tertiary/aromatic N) is 3. The number of para-hydroxylation sites is 1. The second-order valence-corrected chi connectivity index (χ2v) is 10.8. The standard InChI is InChI=1S/C30H30Cl2N6O2/c1-19(2)34-22-8-6-7-20(15-22)17-33-29-35-26-13-14-37(30(40)36-27-12-11-21(31)16-25(27)32)18-24(26)28(39)38(29)23-9-4-3-5-10-23/h3-12,15-16,19,34H,13-14,17-18H2,1-2H3,(H,33,35)(H,36,40). The van der Waals surface area contributed by atoms with Gasteiger partial charge in [-0.1, -0.05) is 53.5 Å². The summed E-state index contributed by atoms with van der Waals surface area (Å²) < 4.78 is 1.58. The van der Waals surface area contributed by atoms with E-state index in [9.17, 15) is 9.59 Å². The number of halogens is 2. The zero-order chi connectivity index (χ0) is 28.2. The zero-order valence-electron chi connectivity index (χ0n) is 22.2. The van der Waals surface area contributed by atoms with Crippen LogP contribution in [0.1, 0.15) is 30.7 Å². The van der Waals surface area contributed by atoms with Crippen molar-refractivity contribution in [3.63, 3.8) is 0 Å². The van der Waals surface area contributed by atoms with Crippen LogP contribution in [-0.4, -0.2) is 33.1 Å². The molecule has 0 saturated carbocycles. The highest BCUT2D eigenvalue weighted by Gasteiger charge is 2.27. The van der Waals surface area contributed by atoms with Crippen molar-refractivity contribution in [2.75, 3.05) is 22.5 Å². The molecule has 5 rings (SSSR count). The molecule has 0 unspecified atom stereocenters. The number of carbonyl (C=O) groups is 1. The molecule has 1 aromatic heterocycles. The first-order valence-electron chi connectivity index (χ1n) is 13.1. The molecule has 0 atom stereocenters. The molecule has 1 aliphatic heterocycles. The zero-order valence-corrected chi connectivity index (χ0v) is 23.8. The van der Waals surface area contributed by atoms with Gasteiger partial charge < -0.3 is 20.9 Å². The van der Waals surface area contributed by atoms with E-state index in [1.54, 1.807) is 27.7 Å². The number of aromatic nitrogens is 2. The van der Waals surface area contributed by atoms with Gasteiger partial charge in [0.25, 0.3) is 5.56 Å². The second kappa shape index (κ2) is 12.0. The summed E-state index contributed by atoms with van der Waals surface area (Å²) >= 11 is 12.2. The molecule has 10 heteroatoms. The van der Waals surface area contributed by atoms with E-state index in [1.165, 1.54) is 0 Å². The van der Waals surface area contributed by atoms with Gasteiger partial charge in [-0.25, -0.2) is 14.3 Å². The monoisotopic (exact) mass is 576 g/mol. The lowest BCUT2D eigenvalue weighted by Crippen LogP contribution is -2.43.